The van der Waals surface area contributed by atoms with E-state index in [-0.39, 0.29) is 23.2 Å². The van der Waals surface area contributed by atoms with Gasteiger partial charge in [-0.05, 0) is 49.6 Å². The SMILES string of the molecule is COc1cc(C(=O)O)cc2c1nc(CN1CCNC3CCC31c1cccc3c1OC(C)(c1ccc(Cl)cn1)O3)n2C[C@@H]1CCO1. The van der Waals surface area contributed by atoms with Gasteiger partial charge in [-0.1, -0.05) is 23.7 Å². The number of fused-ring (bicyclic) bond motifs is 3. The van der Waals surface area contributed by atoms with Crippen molar-refractivity contribution in [1.82, 2.24) is 24.8 Å². The fourth-order valence-corrected chi connectivity index (χ4v) is 7.47. The third-order valence-electron chi connectivity index (χ3n) is 9.84. The molecule has 3 fully saturated rings. The van der Waals surface area contributed by atoms with Crippen molar-refractivity contribution >= 4 is 28.6 Å². The van der Waals surface area contributed by atoms with E-state index in [9.17, 15) is 9.90 Å². The number of hydrogen-bond donors (Lipinski definition) is 2. The minimum absolute atomic E-state index is 0.0520. The molecule has 1 aliphatic carbocycles. The Bertz CT molecular complexity index is 1810. The summed E-state index contributed by atoms with van der Waals surface area (Å²) in [7, 11) is 1.55. The van der Waals surface area contributed by atoms with Gasteiger partial charge in [0.2, 0.25) is 0 Å². The van der Waals surface area contributed by atoms with Gasteiger partial charge in [0, 0.05) is 44.4 Å². The van der Waals surface area contributed by atoms with Crippen LogP contribution in [-0.4, -0.2) is 69.5 Å². The van der Waals surface area contributed by atoms with E-state index in [0.29, 0.717) is 40.8 Å². The van der Waals surface area contributed by atoms with Crippen LogP contribution in [0.3, 0.4) is 0 Å². The number of hydrogen-bond acceptors (Lipinski definition) is 9. The number of carboxylic acids is 1. The highest BCUT2D eigenvalue weighted by atomic mass is 35.5. The normalized spacial score (nSPS) is 27.1. The molecule has 2 aromatic heterocycles. The Morgan fingerprint density at radius 2 is 2.09 bits per heavy atom. The Kier molecular flexibility index (Phi) is 6.72. The van der Waals surface area contributed by atoms with Gasteiger partial charge in [-0.15, -0.1) is 0 Å². The second-order valence-corrected chi connectivity index (χ2v) is 12.7. The number of ether oxygens (including phenoxy) is 4. The van der Waals surface area contributed by atoms with Crippen LogP contribution in [0.15, 0.2) is 48.7 Å². The molecular weight excluding hydrogens is 598 g/mol. The molecule has 1 saturated carbocycles. The van der Waals surface area contributed by atoms with Crippen LogP contribution in [0.5, 0.6) is 17.2 Å². The van der Waals surface area contributed by atoms with Crippen LogP contribution < -0.4 is 19.5 Å². The number of methoxy groups -OCH3 is 1. The molecule has 3 aliphatic heterocycles. The third-order valence-corrected chi connectivity index (χ3v) is 10.1. The number of aromatic nitrogens is 3. The smallest absolute Gasteiger partial charge is 0.335 e. The van der Waals surface area contributed by atoms with Gasteiger partial charge in [0.25, 0.3) is 5.79 Å². The van der Waals surface area contributed by atoms with E-state index < -0.39 is 11.8 Å². The van der Waals surface area contributed by atoms with Gasteiger partial charge in [-0.25, -0.2) is 9.78 Å². The highest BCUT2D eigenvalue weighted by Gasteiger charge is 2.57. The van der Waals surface area contributed by atoms with E-state index in [0.717, 1.165) is 61.6 Å². The summed E-state index contributed by atoms with van der Waals surface area (Å²) < 4.78 is 26.7. The van der Waals surface area contributed by atoms with Crippen LogP contribution in [0.1, 0.15) is 53.6 Å². The standard InChI is InChI=1S/C33H34ClN5O6/c1-32(26-7-6-20(34)16-36-26)44-24-5-3-4-22(30(24)45-32)33-10-8-27(33)35-11-12-38(33)18-28-37-29-23(39(28)17-21-9-13-43-21)14-19(31(40)41)15-25(29)42-2/h3-7,14-16,21,27,35H,8-13,17-18H2,1-2H3,(H,40,41)/t21-,27?,32?,33?/m0/s1. The number of carbonyl (C=O) groups is 1. The molecule has 4 atom stereocenters. The monoisotopic (exact) mass is 631 g/mol. The van der Waals surface area contributed by atoms with Crippen molar-refractivity contribution in [3.05, 3.63) is 76.3 Å². The van der Waals surface area contributed by atoms with Gasteiger partial charge in [0.1, 0.15) is 22.8 Å². The molecule has 0 bridgehead atoms. The first-order valence-electron chi connectivity index (χ1n) is 15.3. The lowest BCUT2D eigenvalue weighted by atomic mass is 9.64. The van der Waals surface area contributed by atoms with Crippen LogP contribution >= 0.6 is 11.6 Å². The van der Waals surface area contributed by atoms with Crippen molar-refractivity contribution in [1.29, 1.82) is 0 Å². The van der Waals surface area contributed by atoms with Crippen LogP contribution in [0.25, 0.3) is 11.0 Å². The molecule has 0 radical (unpaired) electrons. The number of aromatic carboxylic acids is 1. The van der Waals surface area contributed by atoms with Crippen LogP contribution in [0.2, 0.25) is 5.02 Å². The summed E-state index contributed by atoms with van der Waals surface area (Å²) in [5.74, 6) is 0.576. The summed E-state index contributed by atoms with van der Waals surface area (Å²) in [6, 6.07) is 13.2. The molecule has 11 nitrogen and oxygen atoms in total. The highest BCUT2D eigenvalue weighted by Crippen LogP contribution is 2.56. The van der Waals surface area contributed by atoms with Gasteiger partial charge in [-0.2, -0.15) is 0 Å². The van der Waals surface area contributed by atoms with Crippen LogP contribution in [0, 0.1) is 0 Å². The molecule has 2 aromatic carbocycles. The molecule has 3 unspecified atom stereocenters. The molecule has 2 saturated heterocycles. The van der Waals surface area contributed by atoms with Crippen molar-refractivity contribution in [2.45, 2.75) is 62.7 Å². The zero-order valence-electron chi connectivity index (χ0n) is 25.1. The molecular formula is C33H34ClN5O6. The molecule has 2 N–H and O–H groups in total. The summed E-state index contributed by atoms with van der Waals surface area (Å²) >= 11 is 6.12. The number of halogens is 1. The molecule has 8 rings (SSSR count). The van der Waals surface area contributed by atoms with Crippen molar-refractivity contribution in [3.8, 4) is 17.2 Å². The number of nitrogens with one attached hydrogen (secondary N) is 1. The Morgan fingerprint density at radius 1 is 1.22 bits per heavy atom. The topological polar surface area (TPSA) is 120 Å². The van der Waals surface area contributed by atoms with Crippen molar-refractivity contribution in [2.24, 2.45) is 0 Å². The number of benzene rings is 2. The van der Waals surface area contributed by atoms with E-state index >= 15 is 0 Å². The Balaban J connectivity index is 1.20. The van der Waals surface area contributed by atoms with E-state index in [2.05, 4.69) is 25.8 Å². The number of para-hydroxylation sites is 1. The maximum atomic E-state index is 12.0. The van der Waals surface area contributed by atoms with E-state index in [4.69, 9.17) is 35.5 Å². The van der Waals surface area contributed by atoms with Crippen molar-refractivity contribution in [2.75, 3.05) is 26.8 Å². The van der Waals surface area contributed by atoms with Gasteiger partial charge in [-0.3, -0.25) is 9.88 Å². The molecule has 4 aliphatic rings. The first kappa shape index (κ1) is 28.6. The molecule has 4 aromatic rings. The third kappa shape index (κ3) is 4.47. The lowest BCUT2D eigenvalue weighted by Gasteiger charge is -2.59. The Labute approximate surface area is 265 Å². The first-order chi connectivity index (χ1) is 21.8. The molecule has 0 amide bonds. The molecule has 0 spiro atoms. The number of carboxylic acid groups (broad SMARTS) is 1. The predicted octanol–water partition coefficient (Wildman–Crippen LogP) is 4.69. The number of pyridine rings is 1. The van der Waals surface area contributed by atoms with E-state index in [1.807, 2.05) is 25.1 Å². The summed E-state index contributed by atoms with van der Waals surface area (Å²) in [4.78, 5) is 24.1. The largest absolute Gasteiger partial charge is 0.494 e. The van der Waals surface area contributed by atoms with E-state index in [1.165, 1.54) is 6.07 Å². The highest BCUT2D eigenvalue weighted by molar-refractivity contribution is 6.30. The summed E-state index contributed by atoms with van der Waals surface area (Å²) in [6.07, 6.45) is 4.55. The predicted molar refractivity (Wildman–Crippen MR) is 165 cm³/mol. The van der Waals surface area contributed by atoms with Crippen LogP contribution in [-0.2, 0) is 29.2 Å². The van der Waals surface area contributed by atoms with Crippen molar-refractivity contribution in [3.63, 3.8) is 0 Å². The second-order valence-electron chi connectivity index (χ2n) is 12.3. The second kappa shape index (κ2) is 10.6. The minimum Gasteiger partial charge on any atom is -0.494 e. The summed E-state index contributed by atoms with van der Waals surface area (Å²) in [5, 5.41) is 14.1. The molecule has 234 valence electrons. The Hall–Kier alpha value is -3.90. The van der Waals surface area contributed by atoms with Crippen LogP contribution in [0.4, 0.5) is 0 Å². The quantitative estimate of drug-likeness (QED) is 0.283. The average molecular weight is 632 g/mol. The first-order valence-corrected chi connectivity index (χ1v) is 15.7. The summed E-state index contributed by atoms with van der Waals surface area (Å²) in [6.45, 7) is 5.37. The Morgan fingerprint density at radius 3 is 2.78 bits per heavy atom. The van der Waals surface area contributed by atoms with Crippen molar-refractivity contribution < 1.29 is 28.8 Å². The zero-order chi connectivity index (χ0) is 30.9. The van der Waals surface area contributed by atoms with Gasteiger partial charge >= 0.3 is 5.97 Å². The maximum Gasteiger partial charge on any atom is 0.335 e. The molecule has 12 heteroatoms. The minimum atomic E-state index is -1.10. The summed E-state index contributed by atoms with van der Waals surface area (Å²) in [5.41, 5.74) is 2.88. The fraction of sp³-hybridized carbons (Fsp3) is 0.424. The zero-order valence-corrected chi connectivity index (χ0v) is 25.8. The number of rotatable bonds is 8. The number of nitrogens with zero attached hydrogens (tertiary/aromatic N) is 4. The van der Waals surface area contributed by atoms with Gasteiger partial charge in [0.15, 0.2) is 11.5 Å². The molecule has 5 heterocycles. The molecule has 45 heavy (non-hydrogen) atoms. The lowest BCUT2D eigenvalue weighted by molar-refractivity contribution is -0.0814. The maximum absolute atomic E-state index is 12.0. The number of imidazole rings is 1. The van der Waals surface area contributed by atoms with Gasteiger partial charge in [0.05, 0.1) is 47.9 Å². The van der Waals surface area contributed by atoms with Gasteiger partial charge < -0.3 is 33.9 Å². The lowest BCUT2D eigenvalue weighted by Crippen LogP contribution is -2.70. The fourth-order valence-electron chi connectivity index (χ4n) is 7.36. The average Bonchev–Trinajstić information content (AvgIpc) is 3.53. The number of piperazine rings is 1. The van der Waals surface area contributed by atoms with E-state index in [1.54, 1.807) is 25.4 Å².